The number of rotatable bonds is 10. The highest BCUT2D eigenvalue weighted by Gasteiger charge is 2.37. The molecule has 0 saturated heterocycles. The standard InChI is InChI=1S/C74H60N2/c1-49-43-68(56-24-18-26-60(46-56)76(58-37-33-54(34-38-58)52-21-11-8-12-22-52)62-40-42-66-64-28-14-16-30-70(64)74(5,6)72(66)48-62)50(2)44-67(49)55-23-17-25-59(45-55)75(57-35-31-53(32-36-57)51-19-9-7-10-20-51)61-39-41-65-63-27-13-15-29-69(63)73(3,4)71(65)47-61/h7-48H,1-6H3. The molecule has 0 fully saturated rings. The average molecular weight is 977 g/mol. The maximum atomic E-state index is 2.43. The molecule has 11 aromatic rings. The van der Waals surface area contributed by atoms with Gasteiger partial charge in [0.15, 0.2) is 0 Å². The van der Waals surface area contributed by atoms with E-state index in [1.165, 1.54) is 100 Å². The maximum Gasteiger partial charge on any atom is 0.0467 e. The van der Waals surface area contributed by atoms with Crippen LogP contribution in [0.5, 0.6) is 0 Å². The van der Waals surface area contributed by atoms with Crippen molar-refractivity contribution >= 4 is 34.1 Å². The molecular formula is C74H60N2. The van der Waals surface area contributed by atoms with Gasteiger partial charge < -0.3 is 9.80 Å². The number of aryl methyl sites for hydroxylation is 2. The smallest absolute Gasteiger partial charge is 0.0467 e. The van der Waals surface area contributed by atoms with Crippen molar-refractivity contribution in [2.75, 3.05) is 9.80 Å². The fraction of sp³-hybridized carbons (Fsp3) is 0.108. The Labute approximate surface area is 448 Å². The zero-order valence-corrected chi connectivity index (χ0v) is 44.1. The van der Waals surface area contributed by atoms with Crippen LogP contribution in [0.3, 0.4) is 0 Å². The van der Waals surface area contributed by atoms with Gasteiger partial charge in [-0.05, 0) is 187 Å². The lowest BCUT2D eigenvalue weighted by Gasteiger charge is -2.29. The first kappa shape index (κ1) is 46.8. The minimum absolute atomic E-state index is 0.124. The molecule has 0 aliphatic heterocycles. The lowest BCUT2D eigenvalue weighted by atomic mass is 9.82. The first-order valence-corrected chi connectivity index (χ1v) is 26.7. The largest absolute Gasteiger partial charge is 0.310 e. The Balaban J connectivity index is 0.876. The molecule has 0 saturated carbocycles. The van der Waals surface area contributed by atoms with Gasteiger partial charge in [0, 0.05) is 45.0 Å². The molecule has 0 amide bonds. The molecule has 366 valence electrons. The number of fused-ring (bicyclic) bond motifs is 6. The van der Waals surface area contributed by atoms with Crippen LogP contribution < -0.4 is 9.80 Å². The summed E-state index contributed by atoms with van der Waals surface area (Å²) in [6.07, 6.45) is 0. The molecule has 11 aromatic carbocycles. The summed E-state index contributed by atoms with van der Waals surface area (Å²) in [5.41, 5.74) is 29.4. The summed E-state index contributed by atoms with van der Waals surface area (Å²) < 4.78 is 0. The summed E-state index contributed by atoms with van der Waals surface area (Å²) in [5, 5.41) is 0. The highest BCUT2D eigenvalue weighted by molar-refractivity contribution is 5.90. The molecule has 2 aliphatic carbocycles. The molecule has 13 rings (SSSR count). The van der Waals surface area contributed by atoms with Crippen molar-refractivity contribution in [1.29, 1.82) is 0 Å². The fourth-order valence-electron chi connectivity index (χ4n) is 12.5. The second-order valence-corrected chi connectivity index (χ2v) is 21.9. The van der Waals surface area contributed by atoms with Gasteiger partial charge in [-0.1, -0.05) is 210 Å². The van der Waals surface area contributed by atoms with Crippen LogP contribution in [0.25, 0.3) is 66.8 Å². The molecule has 0 unspecified atom stereocenters. The summed E-state index contributed by atoms with van der Waals surface area (Å²) >= 11 is 0. The normalized spacial score (nSPS) is 13.3. The molecule has 2 heteroatoms. The number of benzene rings is 11. The van der Waals surface area contributed by atoms with E-state index in [9.17, 15) is 0 Å². The molecule has 0 aromatic heterocycles. The SMILES string of the molecule is Cc1cc(-c2cccc(N(c3ccc(-c4ccccc4)cc3)c3ccc4c(c3)C(C)(C)c3ccccc3-4)c2)c(C)cc1-c1cccc(N(c2ccc(-c3ccccc3)cc2)c2ccc3c(c2)C(C)(C)c2ccccc2-3)c1. The lowest BCUT2D eigenvalue weighted by Crippen LogP contribution is -2.16. The third kappa shape index (κ3) is 7.96. The predicted molar refractivity (Wildman–Crippen MR) is 322 cm³/mol. The van der Waals surface area contributed by atoms with E-state index in [1.807, 2.05) is 0 Å². The van der Waals surface area contributed by atoms with Gasteiger partial charge in [0.2, 0.25) is 0 Å². The van der Waals surface area contributed by atoms with Crippen LogP contribution in [-0.4, -0.2) is 0 Å². The van der Waals surface area contributed by atoms with Crippen LogP contribution in [0.2, 0.25) is 0 Å². The number of nitrogens with zero attached hydrogens (tertiary/aromatic N) is 2. The monoisotopic (exact) mass is 976 g/mol. The summed E-state index contributed by atoms with van der Waals surface area (Å²) in [5.74, 6) is 0. The van der Waals surface area contributed by atoms with E-state index in [1.54, 1.807) is 0 Å². The van der Waals surface area contributed by atoms with Gasteiger partial charge in [0.25, 0.3) is 0 Å². The average Bonchev–Trinajstić information content (AvgIpc) is 3.85. The van der Waals surface area contributed by atoms with Gasteiger partial charge in [-0.3, -0.25) is 0 Å². The van der Waals surface area contributed by atoms with E-state index < -0.39 is 0 Å². The van der Waals surface area contributed by atoms with Gasteiger partial charge >= 0.3 is 0 Å². The molecule has 0 bridgehead atoms. The van der Waals surface area contributed by atoms with Crippen LogP contribution in [-0.2, 0) is 10.8 Å². The molecule has 2 aliphatic rings. The Hall–Kier alpha value is -8.98. The van der Waals surface area contributed by atoms with E-state index in [0.29, 0.717) is 0 Å². The van der Waals surface area contributed by atoms with Crippen molar-refractivity contribution in [3.05, 3.63) is 288 Å². The fourth-order valence-corrected chi connectivity index (χ4v) is 12.5. The van der Waals surface area contributed by atoms with Gasteiger partial charge in [-0.25, -0.2) is 0 Å². The van der Waals surface area contributed by atoms with Gasteiger partial charge in [-0.15, -0.1) is 0 Å². The Morgan fingerprint density at radius 2 is 0.539 bits per heavy atom. The van der Waals surface area contributed by atoms with Crippen molar-refractivity contribution in [3.8, 4) is 66.8 Å². The maximum absolute atomic E-state index is 2.43. The third-order valence-electron chi connectivity index (χ3n) is 16.5. The first-order chi connectivity index (χ1) is 37.0. The highest BCUT2D eigenvalue weighted by Crippen LogP contribution is 2.53. The van der Waals surface area contributed by atoms with Crippen molar-refractivity contribution in [3.63, 3.8) is 0 Å². The Kier molecular flexibility index (Phi) is 11.4. The molecule has 76 heavy (non-hydrogen) atoms. The highest BCUT2D eigenvalue weighted by atomic mass is 15.1. The summed E-state index contributed by atoms with van der Waals surface area (Å²) in [6, 6.07) is 94.3. The van der Waals surface area contributed by atoms with Crippen LogP contribution in [0, 0.1) is 13.8 Å². The molecule has 0 N–H and O–H groups in total. The van der Waals surface area contributed by atoms with E-state index in [0.717, 1.165) is 34.1 Å². The lowest BCUT2D eigenvalue weighted by molar-refractivity contribution is 0.660. The van der Waals surface area contributed by atoms with E-state index in [2.05, 4.69) is 306 Å². The second-order valence-electron chi connectivity index (χ2n) is 21.9. The predicted octanol–water partition coefficient (Wildman–Crippen LogP) is 20.5. The van der Waals surface area contributed by atoms with Crippen LogP contribution in [0.4, 0.5) is 34.1 Å². The van der Waals surface area contributed by atoms with Crippen LogP contribution >= 0.6 is 0 Å². The second kappa shape index (κ2) is 18.4. The molecule has 0 heterocycles. The number of hydrogen-bond donors (Lipinski definition) is 0. The Bertz CT molecular complexity index is 3730. The van der Waals surface area contributed by atoms with Crippen molar-refractivity contribution in [2.24, 2.45) is 0 Å². The van der Waals surface area contributed by atoms with Crippen LogP contribution in [0.1, 0.15) is 61.1 Å². The van der Waals surface area contributed by atoms with E-state index >= 15 is 0 Å². The van der Waals surface area contributed by atoms with Crippen molar-refractivity contribution in [2.45, 2.75) is 52.4 Å². The number of hydrogen-bond acceptors (Lipinski definition) is 2. The topological polar surface area (TPSA) is 6.48 Å². The molecule has 2 nitrogen and oxygen atoms in total. The minimum atomic E-state index is -0.124. The minimum Gasteiger partial charge on any atom is -0.310 e. The van der Waals surface area contributed by atoms with Gasteiger partial charge in [0.05, 0.1) is 0 Å². The first-order valence-electron chi connectivity index (χ1n) is 26.7. The Morgan fingerprint density at radius 3 is 0.947 bits per heavy atom. The molecule has 0 atom stereocenters. The van der Waals surface area contributed by atoms with E-state index in [-0.39, 0.29) is 10.8 Å². The van der Waals surface area contributed by atoms with Gasteiger partial charge in [-0.2, -0.15) is 0 Å². The third-order valence-corrected chi connectivity index (χ3v) is 16.5. The molecular weight excluding hydrogens is 917 g/mol. The summed E-state index contributed by atoms with van der Waals surface area (Å²) in [4.78, 5) is 4.86. The zero-order valence-electron chi connectivity index (χ0n) is 44.1. The summed E-state index contributed by atoms with van der Waals surface area (Å²) in [7, 11) is 0. The Morgan fingerprint density at radius 1 is 0.224 bits per heavy atom. The van der Waals surface area contributed by atoms with Crippen LogP contribution in [0.15, 0.2) is 255 Å². The quantitative estimate of drug-likeness (QED) is 0.135. The molecule has 0 spiro atoms. The number of anilines is 6. The molecule has 0 radical (unpaired) electrons. The zero-order chi connectivity index (χ0) is 51.7. The van der Waals surface area contributed by atoms with Gasteiger partial charge in [0.1, 0.15) is 0 Å². The van der Waals surface area contributed by atoms with Crippen molar-refractivity contribution < 1.29 is 0 Å². The summed E-state index contributed by atoms with van der Waals surface area (Å²) in [6.45, 7) is 14.0. The van der Waals surface area contributed by atoms with Crippen molar-refractivity contribution in [1.82, 2.24) is 0 Å². The van der Waals surface area contributed by atoms with E-state index in [4.69, 9.17) is 0 Å².